The van der Waals surface area contributed by atoms with E-state index in [1.807, 2.05) is 4.90 Å². The van der Waals surface area contributed by atoms with E-state index >= 15 is 0 Å². The van der Waals surface area contributed by atoms with Crippen LogP contribution in [0.3, 0.4) is 0 Å². The van der Waals surface area contributed by atoms with Gasteiger partial charge in [-0.3, -0.25) is 4.79 Å². The molecule has 5 nitrogen and oxygen atoms in total. The summed E-state index contributed by atoms with van der Waals surface area (Å²) in [6, 6.07) is 0.217. The fourth-order valence-electron chi connectivity index (χ4n) is 3.00. The van der Waals surface area contributed by atoms with Gasteiger partial charge in [-0.15, -0.1) is 0 Å². The summed E-state index contributed by atoms with van der Waals surface area (Å²) in [5.41, 5.74) is 0. The van der Waals surface area contributed by atoms with Crippen molar-refractivity contribution in [1.82, 2.24) is 15.5 Å². The van der Waals surface area contributed by atoms with E-state index in [1.165, 1.54) is 19.3 Å². The zero-order chi connectivity index (χ0) is 12.8. The van der Waals surface area contributed by atoms with Gasteiger partial charge in [-0.25, -0.2) is 0 Å². The van der Waals surface area contributed by atoms with E-state index < -0.39 is 0 Å². The van der Waals surface area contributed by atoms with E-state index in [-0.39, 0.29) is 18.6 Å². The molecule has 5 heteroatoms. The number of carbonyl (C=O) groups is 1. The highest BCUT2D eigenvalue weighted by atomic mass is 16.3. The van der Waals surface area contributed by atoms with Crippen molar-refractivity contribution in [2.45, 2.75) is 44.2 Å². The maximum Gasteiger partial charge on any atom is 0.241 e. The molecule has 1 aliphatic heterocycles. The first-order chi connectivity index (χ1) is 8.83. The quantitative estimate of drug-likeness (QED) is 0.645. The molecule has 18 heavy (non-hydrogen) atoms. The van der Waals surface area contributed by atoms with Crippen molar-refractivity contribution < 1.29 is 9.90 Å². The number of aliphatic hydroxyl groups is 1. The Morgan fingerprint density at radius 1 is 1.22 bits per heavy atom. The molecule has 2 rings (SSSR count). The van der Waals surface area contributed by atoms with Gasteiger partial charge in [-0.05, 0) is 12.8 Å². The second-order valence-electron chi connectivity index (χ2n) is 5.26. The Morgan fingerprint density at radius 2 is 2.00 bits per heavy atom. The normalized spacial score (nSPS) is 25.9. The van der Waals surface area contributed by atoms with Crippen LogP contribution in [0.4, 0.5) is 0 Å². The molecule has 0 aromatic heterocycles. The summed E-state index contributed by atoms with van der Waals surface area (Å²) in [7, 11) is 0. The minimum Gasteiger partial charge on any atom is -0.395 e. The predicted octanol–water partition coefficient (Wildman–Crippen LogP) is -0.299. The van der Waals surface area contributed by atoms with Crippen LogP contribution in [-0.4, -0.2) is 60.8 Å². The summed E-state index contributed by atoms with van der Waals surface area (Å²) >= 11 is 0. The lowest BCUT2D eigenvalue weighted by molar-refractivity contribution is -0.137. The van der Waals surface area contributed by atoms with Gasteiger partial charge in [0.1, 0.15) is 0 Å². The van der Waals surface area contributed by atoms with Crippen molar-refractivity contribution in [2.75, 3.05) is 32.8 Å². The third-order valence-corrected chi connectivity index (χ3v) is 3.98. The molecule has 1 saturated heterocycles. The molecule has 1 unspecified atom stereocenters. The Labute approximate surface area is 109 Å². The van der Waals surface area contributed by atoms with Gasteiger partial charge in [0.25, 0.3) is 0 Å². The monoisotopic (exact) mass is 255 g/mol. The third kappa shape index (κ3) is 3.43. The first kappa shape index (κ1) is 13.8. The first-order valence-electron chi connectivity index (χ1n) is 7.18. The predicted molar refractivity (Wildman–Crippen MR) is 70.3 cm³/mol. The topological polar surface area (TPSA) is 64.6 Å². The number of hydrogen-bond acceptors (Lipinski definition) is 4. The van der Waals surface area contributed by atoms with Crippen LogP contribution < -0.4 is 10.6 Å². The second-order valence-corrected chi connectivity index (χ2v) is 5.26. The molecular formula is C13H25N3O2. The van der Waals surface area contributed by atoms with Crippen molar-refractivity contribution in [3.8, 4) is 0 Å². The number of amides is 1. The molecule has 0 aromatic carbocycles. The van der Waals surface area contributed by atoms with Gasteiger partial charge >= 0.3 is 0 Å². The number of hydrogen-bond donors (Lipinski definition) is 3. The van der Waals surface area contributed by atoms with Crippen LogP contribution in [0.1, 0.15) is 32.1 Å². The summed E-state index contributed by atoms with van der Waals surface area (Å²) in [5.74, 6) is 0.156. The van der Waals surface area contributed by atoms with Crippen LogP contribution in [0, 0.1) is 0 Å². The highest BCUT2D eigenvalue weighted by Gasteiger charge is 2.30. The number of rotatable bonds is 4. The molecule has 0 bridgehead atoms. The van der Waals surface area contributed by atoms with E-state index in [0.717, 1.165) is 25.9 Å². The Hall–Kier alpha value is -0.650. The van der Waals surface area contributed by atoms with Crippen LogP contribution >= 0.6 is 0 Å². The summed E-state index contributed by atoms with van der Waals surface area (Å²) in [4.78, 5) is 14.4. The van der Waals surface area contributed by atoms with Crippen LogP contribution in [-0.2, 0) is 4.79 Å². The molecule has 1 aliphatic carbocycles. The van der Waals surface area contributed by atoms with E-state index in [4.69, 9.17) is 0 Å². The molecule has 0 radical (unpaired) electrons. The fraction of sp³-hybridized carbons (Fsp3) is 0.923. The average molecular weight is 255 g/mol. The third-order valence-electron chi connectivity index (χ3n) is 3.98. The average Bonchev–Trinajstić information content (AvgIpc) is 2.46. The summed E-state index contributed by atoms with van der Waals surface area (Å²) in [5, 5.41) is 15.7. The van der Waals surface area contributed by atoms with Crippen LogP contribution in [0.15, 0.2) is 0 Å². The molecular weight excluding hydrogens is 230 g/mol. The van der Waals surface area contributed by atoms with E-state index in [0.29, 0.717) is 19.1 Å². The SMILES string of the molecule is O=C(C1CNCCN1)N(CCO)C1CCCCC1. The lowest BCUT2D eigenvalue weighted by Crippen LogP contribution is -2.58. The van der Waals surface area contributed by atoms with Gasteiger partial charge in [0.2, 0.25) is 5.91 Å². The van der Waals surface area contributed by atoms with E-state index in [2.05, 4.69) is 10.6 Å². The molecule has 1 saturated carbocycles. The maximum absolute atomic E-state index is 12.5. The molecule has 2 fully saturated rings. The number of piperazine rings is 1. The fourth-order valence-corrected chi connectivity index (χ4v) is 3.00. The van der Waals surface area contributed by atoms with E-state index in [1.54, 1.807) is 0 Å². The zero-order valence-corrected chi connectivity index (χ0v) is 11.0. The molecule has 0 aromatic rings. The summed E-state index contributed by atoms with van der Waals surface area (Å²) < 4.78 is 0. The van der Waals surface area contributed by atoms with Gasteiger partial charge in [0.05, 0.1) is 12.6 Å². The summed E-state index contributed by atoms with van der Waals surface area (Å²) in [6.45, 7) is 3.00. The minimum atomic E-state index is -0.118. The van der Waals surface area contributed by atoms with Crippen LogP contribution in [0.25, 0.3) is 0 Å². The Bertz CT molecular complexity index is 261. The molecule has 2 aliphatic rings. The van der Waals surface area contributed by atoms with Gasteiger partial charge in [-0.1, -0.05) is 19.3 Å². The Balaban J connectivity index is 1.96. The largest absolute Gasteiger partial charge is 0.395 e. The number of nitrogens with one attached hydrogen (secondary N) is 2. The van der Waals surface area contributed by atoms with E-state index in [9.17, 15) is 9.90 Å². The van der Waals surface area contributed by atoms with Gasteiger partial charge in [0.15, 0.2) is 0 Å². The number of carbonyl (C=O) groups excluding carboxylic acids is 1. The molecule has 1 heterocycles. The van der Waals surface area contributed by atoms with Crippen molar-refractivity contribution in [3.05, 3.63) is 0 Å². The first-order valence-corrected chi connectivity index (χ1v) is 7.18. The lowest BCUT2D eigenvalue weighted by atomic mass is 9.93. The van der Waals surface area contributed by atoms with Crippen LogP contribution in [0.5, 0.6) is 0 Å². The van der Waals surface area contributed by atoms with Crippen LogP contribution in [0.2, 0.25) is 0 Å². The highest BCUT2D eigenvalue weighted by molar-refractivity contribution is 5.82. The van der Waals surface area contributed by atoms with Crippen molar-refractivity contribution in [2.24, 2.45) is 0 Å². The zero-order valence-electron chi connectivity index (χ0n) is 11.0. The maximum atomic E-state index is 12.5. The smallest absolute Gasteiger partial charge is 0.241 e. The van der Waals surface area contributed by atoms with Crippen molar-refractivity contribution in [1.29, 1.82) is 0 Å². The molecule has 1 atom stereocenters. The Morgan fingerprint density at radius 3 is 2.61 bits per heavy atom. The summed E-state index contributed by atoms with van der Waals surface area (Å²) in [6.07, 6.45) is 5.87. The highest BCUT2D eigenvalue weighted by Crippen LogP contribution is 2.23. The number of nitrogens with zero attached hydrogens (tertiary/aromatic N) is 1. The molecule has 1 amide bonds. The molecule has 104 valence electrons. The Kier molecular flexibility index (Phi) is 5.41. The molecule has 3 N–H and O–H groups in total. The second kappa shape index (κ2) is 7.07. The number of aliphatic hydroxyl groups excluding tert-OH is 1. The van der Waals surface area contributed by atoms with Gasteiger partial charge in [0, 0.05) is 32.2 Å². The standard InChI is InChI=1S/C13H25N3O2/c17-9-8-16(11-4-2-1-3-5-11)13(18)12-10-14-6-7-15-12/h11-12,14-15,17H,1-10H2. The van der Waals surface area contributed by atoms with Gasteiger partial charge in [-0.2, -0.15) is 0 Å². The lowest BCUT2D eigenvalue weighted by Gasteiger charge is -2.37. The minimum absolute atomic E-state index is 0.0579. The van der Waals surface area contributed by atoms with Crippen molar-refractivity contribution in [3.63, 3.8) is 0 Å². The van der Waals surface area contributed by atoms with Crippen molar-refractivity contribution >= 4 is 5.91 Å². The van der Waals surface area contributed by atoms with Gasteiger partial charge < -0.3 is 20.6 Å². The molecule has 0 spiro atoms.